The van der Waals surface area contributed by atoms with Crippen molar-refractivity contribution in [1.82, 2.24) is 0 Å². The molecule has 2 atom stereocenters. The quantitative estimate of drug-likeness (QED) is 0.386. The van der Waals surface area contributed by atoms with Crippen molar-refractivity contribution >= 4 is 0 Å². The molecule has 2 aliphatic rings. The standard InChI is InChI=1S/C6H10O3.C4H10O4/c1(5-3-8-5)7-2-6-4-9-6;1-2-3-8-4(5,6)7/h5-6H,1-4H2;5-7H,2-3H2,1H3. The van der Waals surface area contributed by atoms with Gasteiger partial charge in [-0.1, -0.05) is 6.92 Å². The number of hydrogen-bond donors (Lipinski definition) is 3. The smallest absolute Gasteiger partial charge is 0.376 e. The minimum Gasteiger partial charge on any atom is -0.376 e. The van der Waals surface area contributed by atoms with E-state index in [1.807, 2.05) is 0 Å². The highest BCUT2D eigenvalue weighted by Gasteiger charge is 2.26. The summed E-state index contributed by atoms with van der Waals surface area (Å²) in [6.07, 6.45) is -1.54. The van der Waals surface area contributed by atoms with Gasteiger partial charge in [0.15, 0.2) is 0 Å². The maximum atomic E-state index is 8.04. The van der Waals surface area contributed by atoms with Crippen LogP contribution in [0, 0.1) is 0 Å². The molecule has 7 nitrogen and oxygen atoms in total. The van der Waals surface area contributed by atoms with Crippen LogP contribution < -0.4 is 0 Å². The Morgan fingerprint density at radius 3 is 1.82 bits per heavy atom. The van der Waals surface area contributed by atoms with Gasteiger partial charge in [0, 0.05) is 0 Å². The van der Waals surface area contributed by atoms with Gasteiger partial charge in [0.1, 0.15) is 12.2 Å². The molecule has 2 saturated heterocycles. The van der Waals surface area contributed by atoms with Gasteiger partial charge >= 0.3 is 6.16 Å². The highest BCUT2D eigenvalue weighted by atomic mass is 16.9. The van der Waals surface area contributed by atoms with E-state index >= 15 is 0 Å². The summed E-state index contributed by atoms with van der Waals surface area (Å²) in [6.45, 7) is 5.17. The van der Waals surface area contributed by atoms with Gasteiger partial charge in [-0.15, -0.1) is 0 Å². The summed E-state index contributed by atoms with van der Waals surface area (Å²) in [5.41, 5.74) is 0. The van der Waals surface area contributed by atoms with Crippen molar-refractivity contribution < 1.29 is 34.3 Å². The highest BCUT2D eigenvalue weighted by Crippen LogP contribution is 2.12. The first-order valence-electron chi connectivity index (χ1n) is 5.63. The van der Waals surface area contributed by atoms with Crippen LogP contribution in [0.15, 0.2) is 0 Å². The first-order valence-corrected chi connectivity index (χ1v) is 5.63. The summed E-state index contributed by atoms with van der Waals surface area (Å²) in [5.74, 6) is 0. The third kappa shape index (κ3) is 10.6. The number of hydrogen-bond acceptors (Lipinski definition) is 7. The third-order valence-electron chi connectivity index (χ3n) is 1.91. The van der Waals surface area contributed by atoms with E-state index in [1.54, 1.807) is 6.92 Å². The molecule has 17 heavy (non-hydrogen) atoms. The fourth-order valence-electron chi connectivity index (χ4n) is 0.898. The molecular weight excluding hydrogens is 232 g/mol. The molecule has 0 aromatic heterocycles. The number of aliphatic hydroxyl groups is 3. The van der Waals surface area contributed by atoms with Gasteiger partial charge in [0.05, 0.1) is 33.0 Å². The minimum absolute atomic E-state index is 0.128. The predicted octanol–water partition coefficient (Wildman–Crippen LogP) is -1.20. The monoisotopic (exact) mass is 252 g/mol. The largest absolute Gasteiger partial charge is 0.404 e. The van der Waals surface area contributed by atoms with Crippen LogP contribution in [-0.2, 0) is 18.9 Å². The molecule has 0 spiro atoms. The van der Waals surface area contributed by atoms with Crippen LogP contribution >= 0.6 is 0 Å². The predicted molar refractivity (Wildman–Crippen MR) is 55.9 cm³/mol. The zero-order valence-electron chi connectivity index (χ0n) is 9.87. The summed E-state index contributed by atoms with van der Waals surface area (Å²) in [6, 6.07) is 0. The van der Waals surface area contributed by atoms with Gasteiger partial charge in [-0.2, -0.15) is 0 Å². The fraction of sp³-hybridized carbons (Fsp3) is 1.00. The Labute approximate surface area is 99.9 Å². The molecule has 2 unspecified atom stereocenters. The van der Waals surface area contributed by atoms with Gasteiger partial charge in [-0.25, -0.2) is 0 Å². The minimum atomic E-state index is -2.95. The van der Waals surface area contributed by atoms with Crippen molar-refractivity contribution in [3.63, 3.8) is 0 Å². The maximum Gasteiger partial charge on any atom is 0.404 e. The second-order valence-corrected chi connectivity index (χ2v) is 3.87. The lowest BCUT2D eigenvalue weighted by Crippen LogP contribution is -2.31. The van der Waals surface area contributed by atoms with E-state index in [0.717, 1.165) is 26.4 Å². The topological polar surface area (TPSA) is 104 Å². The van der Waals surface area contributed by atoms with Crippen LogP contribution in [0.2, 0.25) is 0 Å². The molecule has 0 radical (unpaired) electrons. The second-order valence-electron chi connectivity index (χ2n) is 3.87. The normalized spacial score (nSPS) is 26.1. The molecule has 2 heterocycles. The van der Waals surface area contributed by atoms with Crippen LogP contribution in [-0.4, -0.2) is 66.7 Å². The molecule has 7 heteroatoms. The summed E-state index contributed by atoms with van der Waals surface area (Å²) < 4.78 is 19.2. The maximum absolute atomic E-state index is 8.04. The molecule has 2 fully saturated rings. The molecule has 0 saturated carbocycles. The molecule has 3 N–H and O–H groups in total. The average molecular weight is 252 g/mol. The van der Waals surface area contributed by atoms with E-state index in [2.05, 4.69) is 4.74 Å². The van der Waals surface area contributed by atoms with Gasteiger partial charge < -0.3 is 34.3 Å². The molecule has 0 bridgehead atoms. The number of rotatable bonds is 7. The van der Waals surface area contributed by atoms with Crippen LogP contribution in [0.3, 0.4) is 0 Å². The molecule has 0 amide bonds. The van der Waals surface area contributed by atoms with Crippen molar-refractivity contribution in [3.8, 4) is 0 Å². The van der Waals surface area contributed by atoms with Crippen molar-refractivity contribution in [3.05, 3.63) is 0 Å². The molecule has 0 aromatic rings. The first kappa shape index (κ1) is 14.8. The van der Waals surface area contributed by atoms with Gasteiger partial charge in [0.2, 0.25) is 0 Å². The molecule has 0 aromatic carbocycles. The second kappa shape index (κ2) is 7.22. The lowest BCUT2D eigenvalue weighted by atomic mass is 10.5. The number of epoxide rings is 2. The molecule has 0 aliphatic carbocycles. The lowest BCUT2D eigenvalue weighted by molar-refractivity contribution is -0.454. The van der Waals surface area contributed by atoms with Gasteiger partial charge in [0.25, 0.3) is 0 Å². The Kier molecular flexibility index (Phi) is 6.28. The van der Waals surface area contributed by atoms with Crippen molar-refractivity contribution in [2.45, 2.75) is 31.7 Å². The molecular formula is C10H20O7. The average Bonchev–Trinajstić information content (AvgIpc) is 3.08. The van der Waals surface area contributed by atoms with Crippen molar-refractivity contribution in [2.24, 2.45) is 0 Å². The summed E-state index contributed by atoms with van der Waals surface area (Å²) >= 11 is 0. The Morgan fingerprint density at radius 2 is 1.59 bits per heavy atom. The van der Waals surface area contributed by atoms with E-state index in [9.17, 15) is 0 Å². The van der Waals surface area contributed by atoms with Gasteiger partial charge in [-0.05, 0) is 6.42 Å². The van der Waals surface area contributed by atoms with Crippen LogP contribution in [0.25, 0.3) is 0 Å². The zero-order chi connectivity index (χ0) is 12.7. The zero-order valence-corrected chi connectivity index (χ0v) is 9.87. The van der Waals surface area contributed by atoms with E-state index in [1.165, 1.54) is 0 Å². The van der Waals surface area contributed by atoms with Crippen molar-refractivity contribution in [2.75, 3.05) is 33.0 Å². The Balaban J connectivity index is 0.000000172. The third-order valence-corrected chi connectivity index (χ3v) is 1.91. The van der Waals surface area contributed by atoms with E-state index < -0.39 is 6.16 Å². The molecule has 102 valence electrons. The van der Waals surface area contributed by atoms with Crippen molar-refractivity contribution in [1.29, 1.82) is 0 Å². The van der Waals surface area contributed by atoms with Gasteiger partial charge in [-0.3, -0.25) is 0 Å². The van der Waals surface area contributed by atoms with E-state index in [0.29, 0.717) is 18.6 Å². The van der Waals surface area contributed by atoms with Crippen LogP contribution in [0.5, 0.6) is 0 Å². The number of ether oxygens (including phenoxy) is 4. The summed E-state index contributed by atoms with van der Waals surface area (Å²) in [5, 5.41) is 24.1. The summed E-state index contributed by atoms with van der Waals surface area (Å²) in [4.78, 5) is 0. The highest BCUT2D eigenvalue weighted by molar-refractivity contribution is 4.71. The first-order chi connectivity index (χ1) is 8.01. The van der Waals surface area contributed by atoms with Crippen LogP contribution in [0.1, 0.15) is 13.3 Å². The Bertz CT molecular complexity index is 183. The lowest BCUT2D eigenvalue weighted by Gasteiger charge is -2.12. The SMILES string of the molecule is C(OCC1CO1)C1CO1.CCCOC(O)(O)O. The Morgan fingerprint density at radius 1 is 1.12 bits per heavy atom. The Hall–Kier alpha value is -0.280. The molecule has 2 aliphatic heterocycles. The van der Waals surface area contributed by atoms with E-state index in [4.69, 9.17) is 29.5 Å². The molecule has 2 rings (SSSR count). The fourth-order valence-corrected chi connectivity index (χ4v) is 0.898. The van der Waals surface area contributed by atoms with E-state index in [-0.39, 0.29) is 6.61 Å². The van der Waals surface area contributed by atoms with Crippen LogP contribution in [0.4, 0.5) is 0 Å². The summed E-state index contributed by atoms with van der Waals surface area (Å²) in [7, 11) is 0.